The van der Waals surface area contributed by atoms with E-state index in [9.17, 15) is 13.2 Å². The van der Waals surface area contributed by atoms with Crippen LogP contribution in [-0.2, 0) is 9.84 Å². The molecular weight excluding hydrogens is 310 g/mol. The molecule has 1 amide bonds. The summed E-state index contributed by atoms with van der Waals surface area (Å²) in [7, 11) is -3.31. The Balaban J connectivity index is 1.75. The molecule has 5 heteroatoms. The van der Waals surface area contributed by atoms with E-state index in [0.29, 0.717) is 11.5 Å². The van der Waals surface area contributed by atoms with Gasteiger partial charge in [-0.15, -0.1) is 0 Å². The van der Waals surface area contributed by atoms with Gasteiger partial charge in [0.05, 0.1) is 4.90 Å². The van der Waals surface area contributed by atoms with Crippen molar-refractivity contribution < 1.29 is 13.2 Å². The summed E-state index contributed by atoms with van der Waals surface area (Å²) in [6.07, 6.45) is 6.33. The Morgan fingerprint density at radius 1 is 1.26 bits per heavy atom. The lowest BCUT2D eigenvalue weighted by Gasteiger charge is -2.28. The van der Waals surface area contributed by atoms with Gasteiger partial charge in [0.1, 0.15) is 0 Å². The molecule has 2 fully saturated rings. The van der Waals surface area contributed by atoms with Gasteiger partial charge < -0.3 is 5.32 Å². The number of amides is 1. The molecule has 0 radical (unpaired) electrons. The molecule has 2 saturated carbocycles. The fourth-order valence-corrected chi connectivity index (χ4v) is 5.02. The summed E-state index contributed by atoms with van der Waals surface area (Å²) in [5.74, 6) is 2.00. The zero-order chi connectivity index (χ0) is 16.8. The van der Waals surface area contributed by atoms with E-state index >= 15 is 0 Å². The van der Waals surface area contributed by atoms with Crippen LogP contribution in [0.1, 0.15) is 48.5 Å². The normalized spacial score (nSPS) is 27.9. The number of benzene rings is 1. The Morgan fingerprint density at radius 3 is 2.57 bits per heavy atom. The molecule has 1 aromatic carbocycles. The van der Waals surface area contributed by atoms with Crippen molar-refractivity contribution in [3.8, 4) is 0 Å². The molecule has 0 aromatic heterocycles. The maximum Gasteiger partial charge on any atom is 0.251 e. The van der Waals surface area contributed by atoms with Crippen LogP contribution in [0.15, 0.2) is 23.1 Å². The minimum atomic E-state index is -3.31. The van der Waals surface area contributed by atoms with E-state index in [1.54, 1.807) is 12.1 Å². The first-order chi connectivity index (χ1) is 10.8. The van der Waals surface area contributed by atoms with E-state index < -0.39 is 9.84 Å². The Labute approximate surface area is 138 Å². The molecule has 2 bridgehead atoms. The summed E-state index contributed by atoms with van der Waals surface area (Å²) in [6.45, 7) is 3.92. The number of hydrogen-bond donors (Lipinski definition) is 1. The minimum absolute atomic E-state index is 0.138. The molecular formula is C18H25NO3S. The molecule has 0 heterocycles. The van der Waals surface area contributed by atoms with Crippen LogP contribution in [-0.4, -0.2) is 26.6 Å². The van der Waals surface area contributed by atoms with Gasteiger partial charge in [0, 0.05) is 17.9 Å². The summed E-state index contributed by atoms with van der Waals surface area (Å²) in [6, 6.07) is 4.89. The average Bonchev–Trinajstić information content (AvgIpc) is 3.08. The SMILES string of the molecule is Cc1ccc(S(C)(=O)=O)cc1C(=O)N[C@H](C)[C@H]1C[C@H]2CC[C@H]1C2. The number of rotatable bonds is 4. The van der Waals surface area contributed by atoms with Crippen LogP contribution >= 0.6 is 0 Å². The average molecular weight is 335 g/mol. The van der Waals surface area contributed by atoms with Crippen LogP contribution in [0, 0.1) is 24.7 Å². The number of nitrogens with one attached hydrogen (secondary N) is 1. The van der Waals surface area contributed by atoms with Crippen molar-refractivity contribution in [1.29, 1.82) is 0 Å². The lowest BCUT2D eigenvalue weighted by molar-refractivity contribution is 0.0914. The molecule has 126 valence electrons. The number of sulfone groups is 1. The third kappa shape index (κ3) is 3.30. The van der Waals surface area contributed by atoms with Crippen molar-refractivity contribution in [1.82, 2.24) is 5.32 Å². The fourth-order valence-electron chi connectivity index (χ4n) is 4.37. The fraction of sp³-hybridized carbons (Fsp3) is 0.611. The zero-order valence-electron chi connectivity index (χ0n) is 14.0. The summed E-state index contributed by atoms with van der Waals surface area (Å²) in [5, 5.41) is 3.11. The highest BCUT2D eigenvalue weighted by atomic mass is 32.2. The molecule has 4 atom stereocenters. The number of carbonyl (C=O) groups is 1. The van der Waals surface area contributed by atoms with E-state index in [4.69, 9.17) is 0 Å². The molecule has 0 unspecified atom stereocenters. The lowest BCUT2D eigenvalue weighted by atomic mass is 9.84. The largest absolute Gasteiger partial charge is 0.349 e. The van der Waals surface area contributed by atoms with E-state index in [1.807, 2.05) is 6.92 Å². The Kier molecular flexibility index (Phi) is 4.25. The van der Waals surface area contributed by atoms with E-state index in [0.717, 1.165) is 23.7 Å². The standard InChI is InChI=1S/C18H25NO3S/c1-11-4-7-15(23(3,21)22)10-16(11)18(20)19-12(2)17-9-13-5-6-14(17)8-13/h4,7,10,12-14,17H,5-6,8-9H2,1-3H3,(H,19,20)/t12-,13+,14+,17-/m1/s1. The first-order valence-electron chi connectivity index (χ1n) is 8.37. The number of aryl methyl sites for hydroxylation is 1. The van der Waals surface area contributed by atoms with Crippen LogP contribution in [0.5, 0.6) is 0 Å². The highest BCUT2D eigenvalue weighted by Gasteiger charge is 2.42. The molecule has 0 saturated heterocycles. The summed E-state index contributed by atoms with van der Waals surface area (Å²) in [5.41, 5.74) is 1.26. The van der Waals surface area contributed by atoms with E-state index in [1.165, 1.54) is 31.7 Å². The molecule has 0 spiro atoms. The van der Waals surface area contributed by atoms with E-state index in [2.05, 4.69) is 12.2 Å². The molecule has 2 aliphatic carbocycles. The van der Waals surface area contributed by atoms with Crippen molar-refractivity contribution in [3.05, 3.63) is 29.3 Å². The van der Waals surface area contributed by atoms with Crippen molar-refractivity contribution in [2.45, 2.75) is 50.5 Å². The predicted octanol–water partition coefficient (Wildman–Crippen LogP) is 2.95. The van der Waals surface area contributed by atoms with Gasteiger partial charge >= 0.3 is 0 Å². The van der Waals surface area contributed by atoms with Crippen LogP contribution < -0.4 is 5.32 Å². The number of carbonyl (C=O) groups excluding carboxylic acids is 1. The first-order valence-corrected chi connectivity index (χ1v) is 10.3. The second-order valence-corrected chi connectivity index (χ2v) is 9.37. The number of hydrogen-bond acceptors (Lipinski definition) is 3. The van der Waals surface area contributed by atoms with Gasteiger partial charge in [0.15, 0.2) is 9.84 Å². The smallest absolute Gasteiger partial charge is 0.251 e. The van der Waals surface area contributed by atoms with Crippen LogP contribution in [0.25, 0.3) is 0 Å². The van der Waals surface area contributed by atoms with Gasteiger partial charge in [-0.2, -0.15) is 0 Å². The second kappa shape index (κ2) is 5.93. The molecule has 2 aliphatic rings. The van der Waals surface area contributed by atoms with Gasteiger partial charge in [-0.3, -0.25) is 4.79 Å². The van der Waals surface area contributed by atoms with Gasteiger partial charge in [-0.1, -0.05) is 12.5 Å². The lowest BCUT2D eigenvalue weighted by Crippen LogP contribution is -2.40. The van der Waals surface area contributed by atoms with Gasteiger partial charge in [0.25, 0.3) is 5.91 Å². The highest BCUT2D eigenvalue weighted by Crippen LogP contribution is 2.49. The van der Waals surface area contributed by atoms with Crippen LogP contribution in [0.2, 0.25) is 0 Å². The Hall–Kier alpha value is -1.36. The first kappa shape index (κ1) is 16.5. The van der Waals surface area contributed by atoms with Crippen LogP contribution in [0.4, 0.5) is 0 Å². The number of fused-ring (bicyclic) bond motifs is 2. The molecule has 3 rings (SSSR count). The van der Waals surface area contributed by atoms with Gasteiger partial charge in [0.2, 0.25) is 0 Å². The maximum atomic E-state index is 12.6. The summed E-state index contributed by atoms with van der Waals surface area (Å²) >= 11 is 0. The summed E-state index contributed by atoms with van der Waals surface area (Å²) < 4.78 is 23.4. The molecule has 0 aliphatic heterocycles. The van der Waals surface area contributed by atoms with Crippen LogP contribution in [0.3, 0.4) is 0 Å². The third-order valence-electron chi connectivity index (χ3n) is 5.68. The zero-order valence-corrected chi connectivity index (χ0v) is 14.8. The molecule has 1 N–H and O–H groups in total. The van der Waals surface area contributed by atoms with Crippen molar-refractivity contribution >= 4 is 15.7 Å². The Bertz CT molecular complexity index is 726. The molecule has 23 heavy (non-hydrogen) atoms. The maximum absolute atomic E-state index is 12.6. The van der Waals surface area contributed by atoms with E-state index in [-0.39, 0.29) is 16.8 Å². The van der Waals surface area contributed by atoms with Crippen molar-refractivity contribution in [2.75, 3.05) is 6.26 Å². The predicted molar refractivity (Wildman–Crippen MR) is 90.2 cm³/mol. The molecule has 1 aromatic rings. The highest BCUT2D eigenvalue weighted by molar-refractivity contribution is 7.90. The van der Waals surface area contributed by atoms with Crippen molar-refractivity contribution in [3.63, 3.8) is 0 Å². The van der Waals surface area contributed by atoms with Crippen molar-refractivity contribution in [2.24, 2.45) is 17.8 Å². The second-order valence-electron chi connectivity index (χ2n) is 7.35. The topological polar surface area (TPSA) is 63.2 Å². The monoisotopic (exact) mass is 335 g/mol. The van der Waals surface area contributed by atoms with Gasteiger partial charge in [-0.25, -0.2) is 8.42 Å². The Morgan fingerprint density at radius 2 is 2.00 bits per heavy atom. The van der Waals surface area contributed by atoms with Gasteiger partial charge in [-0.05, 0) is 68.6 Å². The minimum Gasteiger partial charge on any atom is -0.349 e. The quantitative estimate of drug-likeness (QED) is 0.920. The summed E-state index contributed by atoms with van der Waals surface area (Å²) in [4.78, 5) is 12.8. The molecule has 4 nitrogen and oxygen atoms in total. The third-order valence-corrected chi connectivity index (χ3v) is 6.79.